The van der Waals surface area contributed by atoms with Gasteiger partial charge in [0.2, 0.25) is 0 Å². The first-order valence-electron chi connectivity index (χ1n) is 31.5. The van der Waals surface area contributed by atoms with Crippen molar-refractivity contribution in [3.63, 3.8) is 0 Å². The maximum Gasteiger partial charge on any atom is 0.256 e. The molecular formula is C84H56B2N4O2. The lowest BCUT2D eigenvalue weighted by molar-refractivity contribution is 0.487. The highest BCUT2D eigenvalue weighted by Gasteiger charge is 2.48. The lowest BCUT2D eigenvalue weighted by Crippen LogP contribution is -2.63. The summed E-state index contributed by atoms with van der Waals surface area (Å²) in [6.45, 7) is -0.469. The predicted molar refractivity (Wildman–Crippen MR) is 384 cm³/mol. The van der Waals surface area contributed by atoms with Crippen LogP contribution in [0, 0.1) is 0 Å². The Morgan fingerprint density at radius 3 is 1.28 bits per heavy atom. The third kappa shape index (κ3) is 8.67. The molecule has 0 aliphatic carbocycles. The first-order chi connectivity index (χ1) is 45.7. The maximum atomic E-state index is 7.91. The number of anilines is 12. The number of para-hydroxylation sites is 8. The van der Waals surface area contributed by atoms with Crippen LogP contribution in [-0.4, -0.2) is 13.4 Å². The Morgan fingerprint density at radius 2 is 0.685 bits per heavy atom. The van der Waals surface area contributed by atoms with E-state index < -0.39 is 0 Å². The van der Waals surface area contributed by atoms with E-state index in [9.17, 15) is 0 Å². The highest BCUT2D eigenvalue weighted by Crippen LogP contribution is 2.53. The molecule has 0 aromatic heterocycles. The molecule has 0 unspecified atom stereocenters. The molecule has 0 fully saturated rings. The minimum absolute atomic E-state index is 0.227. The lowest BCUT2D eigenvalue weighted by Gasteiger charge is -2.44. The zero-order chi connectivity index (χ0) is 60.6. The predicted octanol–water partition coefficient (Wildman–Crippen LogP) is 18.4. The molecule has 14 aromatic rings. The SMILES string of the molecule is c1ccc(-c2ccccc2N(c2ccccc2)c2cc3c4c(c2)N(c2ccccc2)c2ccccc2B4c2cc4c(cc2O3)N(c2c(-c3ccccc3)cccc2-c2ccccc2)c2cc(N(c3ccccc3)c3ccccc3)cc3c2B4c2ccccc2O3)cc1. The fourth-order valence-electron chi connectivity index (χ4n) is 14.8. The summed E-state index contributed by atoms with van der Waals surface area (Å²) in [6.07, 6.45) is 0. The van der Waals surface area contributed by atoms with Crippen LogP contribution in [0.1, 0.15) is 0 Å². The van der Waals surface area contributed by atoms with Crippen LogP contribution in [0.4, 0.5) is 68.2 Å². The number of nitrogens with zero attached hydrogens (tertiary/aromatic N) is 4. The van der Waals surface area contributed by atoms with Gasteiger partial charge in [-0.25, -0.2) is 0 Å². The summed E-state index contributed by atoms with van der Waals surface area (Å²) in [6, 6.07) is 123. The Bertz CT molecular complexity index is 5040. The Kier molecular flexibility index (Phi) is 12.7. The molecule has 14 aromatic carbocycles. The number of ether oxygens (including phenoxy) is 2. The van der Waals surface area contributed by atoms with Crippen molar-refractivity contribution < 1.29 is 9.47 Å². The van der Waals surface area contributed by atoms with Crippen molar-refractivity contribution >= 4 is 114 Å². The molecule has 6 nitrogen and oxygen atoms in total. The summed E-state index contributed by atoms with van der Waals surface area (Å²) in [5.41, 5.74) is 25.8. The average molecular weight is 1180 g/mol. The summed E-state index contributed by atoms with van der Waals surface area (Å²) in [5, 5.41) is 0. The van der Waals surface area contributed by atoms with E-state index in [1.165, 1.54) is 5.46 Å². The average Bonchev–Trinajstić information content (AvgIpc) is 0.696. The molecule has 0 bridgehead atoms. The summed E-state index contributed by atoms with van der Waals surface area (Å²) in [7, 11) is 0. The molecular weight excluding hydrogens is 1120 g/mol. The van der Waals surface area contributed by atoms with Crippen LogP contribution < -0.4 is 61.9 Å². The summed E-state index contributed by atoms with van der Waals surface area (Å²) < 4.78 is 15.3. The molecule has 4 aliphatic heterocycles. The molecule has 0 amide bonds. The molecule has 0 atom stereocenters. The van der Waals surface area contributed by atoms with Crippen molar-refractivity contribution in [3.8, 4) is 56.4 Å². The number of rotatable bonds is 11. The van der Waals surface area contributed by atoms with Crippen molar-refractivity contribution in [3.05, 3.63) is 340 Å². The number of benzene rings is 14. The summed E-state index contributed by atoms with van der Waals surface area (Å²) >= 11 is 0. The quantitative estimate of drug-likeness (QED) is 0.120. The van der Waals surface area contributed by atoms with Gasteiger partial charge < -0.3 is 29.1 Å². The third-order valence-electron chi connectivity index (χ3n) is 18.7. The van der Waals surface area contributed by atoms with Crippen LogP contribution in [-0.2, 0) is 0 Å². The van der Waals surface area contributed by atoms with Crippen LogP contribution in [0.2, 0.25) is 0 Å². The molecule has 430 valence electrons. The molecule has 0 saturated carbocycles. The zero-order valence-corrected chi connectivity index (χ0v) is 50.1. The van der Waals surface area contributed by atoms with Crippen molar-refractivity contribution in [2.45, 2.75) is 0 Å². The number of hydrogen-bond donors (Lipinski definition) is 0. The molecule has 4 aliphatic rings. The van der Waals surface area contributed by atoms with Gasteiger partial charge in [0.25, 0.3) is 13.4 Å². The molecule has 0 radical (unpaired) electrons. The Balaban J connectivity index is 0.941. The molecule has 0 saturated heterocycles. The van der Waals surface area contributed by atoms with Gasteiger partial charge in [-0.3, -0.25) is 0 Å². The first kappa shape index (κ1) is 53.1. The van der Waals surface area contributed by atoms with E-state index in [-0.39, 0.29) is 13.4 Å². The monoisotopic (exact) mass is 1170 g/mol. The van der Waals surface area contributed by atoms with E-state index in [2.05, 4.69) is 359 Å². The van der Waals surface area contributed by atoms with E-state index in [1.54, 1.807) is 0 Å². The second kappa shape index (κ2) is 21.9. The number of hydrogen-bond acceptors (Lipinski definition) is 6. The van der Waals surface area contributed by atoms with E-state index in [0.717, 1.165) is 152 Å². The zero-order valence-electron chi connectivity index (χ0n) is 50.1. The Labute approximate surface area is 536 Å². The smallest absolute Gasteiger partial charge is 0.256 e. The van der Waals surface area contributed by atoms with Crippen molar-refractivity contribution in [2.75, 3.05) is 19.6 Å². The van der Waals surface area contributed by atoms with Crippen LogP contribution in [0.25, 0.3) is 33.4 Å². The van der Waals surface area contributed by atoms with Crippen LogP contribution in [0.15, 0.2) is 340 Å². The van der Waals surface area contributed by atoms with E-state index in [1.807, 2.05) is 0 Å². The normalized spacial score (nSPS) is 12.7. The van der Waals surface area contributed by atoms with E-state index >= 15 is 0 Å². The molecule has 4 heterocycles. The van der Waals surface area contributed by atoms with Crippen LogP contribution >= 0.6 is 0 Å². The minimum Gasteiger partial charge on any atom is -0.458 e. The van der Waals surface area contributed by atoms with Crippen molar-refractivity contribution in [1.29, 1.82) is 0 Å². The third-order valence-corrected chi connectivity index (χ3v) is 18.7. The van der Waals surface area contributed by atoms with Gasteiger partial charge >= 0.3 is 0 Å². The van der Waals surface area contributed by atoms with Gasteiger partial charge in [0.15, 0.2) is 0 Å². The van der Waals surface area contributed by atoms with E-state index in [4.69, 9.17) is 9.47 Å². The van der Waals surface area contributed by atoms with Gasteiger partial charge in [0.05, 0.1) is 22.7 Å². The standard InChI is InChI=1S/C84H56B2N4O2/c1-8-29-57(30-9-1)66-43-22-25-48-73(66)88(62-39-18-6-19-40-62)65-52-76-82-81(54-65)92-79-56-75-71(55-72(79)85(82)69-46-23-26-49-74(69)89(76)63-41-20-7-21-42-63)86-70-47-24-27-50-78(70)91-80-53-64(87(60-35-14-4-15-36-60)61-37-16-5-17-38-61)51-77(83(80)86)90(75)84-67(58-31-10-2-11-32-58)44-28-45-68(84)59-33-12-3-13-34-59/h1-56H. The van der Waals surface area contributed by atoms with Crippen molar-refractivity contribution in [2.24, 2.45) is 0 Å². The molecule has 0 N–H and O–H groups in total. The van der Waals surface area contributed by atoms with E-state index in [0.29, 0.717) is 0 Å². The fraction of sp³-hybridized carbons (Fsp3) is 0. The first-order valence-corrected chi connectivity index (χ1v) is 31.5. The summed E-state index contributed by atoms with van der Waals surface area (Å²) in [5.74, 6) is 3.23. The van der Waals surface area contributed by atoms with Gasteiger partial charge in [0, 0.05) is 80.4 Å². The molecule has 8 heteroatoms. The van der Waals surface area contributed by atoms with Crippen LogP contribution in [0.3, 0.4) is 0 Å². The minimum atomic E-state index is -0.242. The molecule has 92 heavy (non-hydrogen) atoms. The topological polar surface area (TPSA) is 31.4 Å². The second-order valence-corrected chi connectivity index (χ2v) is 23.9. The number of fused-ring (bicyclic) bond motifs is 8. The largest absolute Gasteiger partial charge is 0.458 e. The molecule has 0 spiro atoms. The van der Waals surface area contributed by atoms with Gasteiger partial charge in [-0.15, -0.1) is 0 Å². The molecule has 18 rings (SSSR count). The maximum absolute atomic E-state index is 7.91. The highest BCUT2D eigenvalue weighted by atomic mass is 16.5. The highest BCUT2D eigenvalue weighted by molar-refractivity contribution is 7.02. The fourth-order valence-corrected chi connectivity index (χ4v) is 14.8. The van der Waals surface area contributed by atoms with Gasteiger partial charge in [-0.1, -0.05) is 243 Å². The summed E-state index contributed by atoms with van der Waals surface area (Å²) in [4.78, 5) is 9.75. The van der Waals surface area contributed by atoms with Crippen LogP contribution in [0.5, 0.6) is 23.0 Å². The van der Waals surface area contributed by atoms with Gasteiger partial charge in [-0.2, -0.15) is 0 Å². The second-order valence-electron chi connectivity index (χ2n) is 23.9. The Hall–Kier alpha value is -12.0. The lowest BCUT2D eigenvalue weighted by atomic mass is 9.31. The van der Waals surface area contributed by atoms with Gasteiger partial charge in [-0.05, 0) is 128 Å². The Morgan fingerprint density at radius 1 is 0.250 bits per heavy atom. The van der Waals surface area contributed by atoms with Gasteiger partial charge in [0.1, 0.15) is 23.0 Å². The van der Waals surface area contributed by atoms with Crippen molar-refractivity contribution in [1.82, 2.24) is 0 Å².